The van der Waals surface area contributed by atoms with E-state index in [1.54, 1.807) is 7.11 Å². The standard InChI is InChI=1S/C16H25NO/c1-16(2,18-4)10-9-13-11-12-7-5-6-8-14(12)15(13)17-3/h5-8,13,15,17H,9-11H2,1-4H3. The molecule has 1 aromatic carbocycles. The molecule has 2 atom stereocenters. The first-order valence-corrected chi connectivity index (χ1v) is 6.87. The molecule has 0 saturated heterocycles. The molecular formula is C16H25NO. The van der Waals surface area contributed by atoms with Crippen LogP contribution >= 0.6 is 0 Å². The van der Waals surface area contributed by atoms with Gasteiger partial charge in [-0.2, -0.15) is 0 Å². The van der Waals surface area contributed by atoms with Gasteiger partial charge < -0.3 is 10.1 Å². The molecule has 1 aromatic rings. The molecule has 0 saturated carbocycles. The summed E-state index contributed by atoms with van der Waals surface area (Å²) >= 11 is 0. The zero-order valence-electron chi connectivity index (χ0n) is 12.0. The summed E-state index contributed by atoms with van der Waals surface area (Å²) in [5.41, 5.74) is 2.99. The van der Waals surface area contributed by atoms with E-state index in [4.69, 9.17) is 4.74 Å². The van der Waals surface area contributed by atoms with E-state index in [-0.39, 0.29) is 5.60 Å². The summed E-state index contributed by atoms with van der Waals surface area (Å²) in [6.07, 6.45) is 3.52. The second-order valence-electron chi connectivity index (χ2n) is 5.93. The van der Waals surface area contributed by atoms with Crippen LogP contribution in [-0.4, -0.2) is 19.8 Å². The topological polar surface area (TPSA) is 21.3 Å². The number of rotatable bonds is 5. The molecule has 2 unspecified atom stereocenters. The Bertz CT molecular complexity index is 400. The fourth-order valence-corrected chi connectivity index (χ4v) is 2.97. The van der Waals surface area contributed by atoms with Crippen molar-refractivity contribution in [3.8, 4) is 0 Å². The van der Waals surface area contributed by atoms with Gasteiger partial charge in [-0.3, -0.25) is 0 Å². The summed E-state index contributed by atoms with van der Waals surface area (Å²) in [6.45, 7) is 4.34. The van der Waals surface area contributed by atoms with Gasteiger partial charge in [0.15, 0.2) is 0 Å². The third-order valence-corrected chi connectivity index (χ3v) is 4.32. The third kappa shape index (κ3) is 2.76. The van der Waals surface area contributed by atoms with Crippen molar-refractivity contribution in [2.24, 2.45) is 5.92 Å². The van der Waals surface area contributed by atoms with Crippen LogP contribution in [0, 0.1) is 5.92 Å². The minimum atomic E-state index is -0.00688. The van der Waals surface area contributed by atoms with Crippen LogP contribution < -0.4 is 5.32 Å². The van der Waals surface area contributed by atoms with Crippen LogP contribution in [0.2, 0.25) is 0 Å². The molecule has 0 aliphatic heterocycles. The summed E-state index contributed by atoms with van der Waals surface area (Å²) in [4.78, 5) is 0. The van der Waals surface area contributed by atoms with Crippen molar-refractivity contribution in [1.82, 2.24) is 5.32 Å². The summed E-state index contributed by atoms with van der Waals surface area (Å²) < 4.78 is 5.52. The monoisotopic (exact) mass is 247 g/mol. The quantitative estimate of drug-likeness (QED) is 0.862. The van der Waals surface area contributed by atoms with Crippen LogP contribution in [0.4, 0.5) is 0 Å². The van der Waals surface area contributed by atoms with E-state index in [1.165, 1.54) is 24.0 Å². The van der Waals surface area contributed by atoms with Gasteiger partial charge in [0.25, 0.3) is 0 Å². The van der Waals surface area contributed by atoms with Crippen molar-refractivity contribution < 1.29 is 4.74 Å². The molecule has 1 aliphatic rings. The normalized spacial score (nSPS) is 23.1. The number of hydrogen-bond acceptors (Lipinski definition) is 2. The van der Waals surface area contributed by atoms with Crippen LogP contribution in [0.25, 0.3) is 0 Å². The highest BCUT2D eigenvalue weighted by molar-refractivity contribution is 5.35. The highest BCUT2D eigenvalue weighted by Crippen LogP contribution is 2.39. The Morgan fingerprint density at radius 1 is 1.33 bits per heavy atom. The summed E-state index contributed by atoms with van der Waals surface area (Å²) in [7, 11) is 3.88. The molecule has 0 amide bonds. The summed E-state index contributed by atoms with van der Waals surface area (Å²) in [5, 5.41) is 3.48. The minimum absolute atomic E-state index is 0.00688. The van der Waals surface area contributed by atoms with Crippen LogP contribution in [0.3, 0.4) is 0 Å². The van der Waals surface area contributed by atoms with Gasteiger partial charge in [-0.25, -0.2) is 0 Å². The maximum Gasteiger partial charge on any atom is 0.0622 e. The lowest BCUT2D eigenvalue weighted by atomic mass is 9.90. The van der Waals surface area contributed by atoms with E-state index in [9.17, 15) is 0 Å². The van der Waals surface area contributed by atoms with Gasteiger partial charge in [-0.15, -0.1) is 0 Å². The molecule has 1 aliphatic carbocycles. The van der Waals surface area contributed by atoms with Crippen molar-refractivity contribution in [3.63, 3.8) is 0 Å². The minimum Gasteiger partial charge on any atom is -0.379 e. The fourth-order valence-electron chi connectivity index (χ4n) is 2.97. The highest BCUT2D eigenvalue weighted by Gasteiger charge is 2.32. The van der Waals surface area contributed by atoms with E-state index in [0.717, 1.165) is 6.42 Å². The Morgan fingerprint density at radius 2 is 2.06 bits per heavy atom. The average Bonchev–Trinajstić information content (AvgIpc) is 2.74. The van der Waals surface area contributed by atoms with Gasteiger partial charge in [0.2, 0.25) is 0 Å². The van der Waals surface area contributed by atoms with Crippen molar-refractivity contribution >= 4 is 0 Å². The molecule has 2 nitrogen and oxygen atoms in total. The number of methoxy groups -OCH3 is 1. The Labute approximate surface area is 111 Å². The first-order valence-electron chi connectivity index (χ1n) is 6.87. The zero-order valence-corrected chi connectivity index (χ0v) is 12.0. The number of ether oxygens (including phenoxy) is 1. The number of hydrogen-bond donors (Lipinski definition) is 1. The van der Waals surface area contributed by atoms with E-state index >= 15 is 0 Å². The molecule has 0 bridgehead atoms. The molecular weight excluding hydrogens is 222 g/mol. The molecule has 0 radical (unpaired) electrons. The largest absolute Gasteiger partial charge is 0.379 e. The first kappa shape index (κ1) is 13.6. The van der Waals surface area contributed by atoms with Gasteiger partial charge >= 0.3 is 0 Å². The lowest BCUT2D eigenvalue weighted by Crippen LogP contribution is -2.27. The third-order valence-electron chi connectivity index (χ3n) is 4.32. The molecule has 18 heavy (non-hydrogen) atoms. The number of nitrogens with one attached hydrogen (secondary N) is 1. The molecule has 1 N–H and O–H groups in total. The number of fused-ring (bicyclic) bond motifs is 1. The molecule has 0 heterocycles. The van der Waals surface area contributed by atoms with Crippen LogP contribution in [0.1, 0.15) is 43.9 Å². The zero-order chi connectivity index (χ0) is 13.2. The van der Waals surface area contributed by atoms with E-state index < -0.39 is 0 Å². The summed E-state index contributed by atoms with van der Waals surface area (Å²) in [6, 6.07) is 9.32. The van der Waals surface area contributed by atoms with Crippen molar-refractivity contribution in [1.29, 1.82) is 0 Å². The van der Waals surface area contributed by atoms with Crippen LogP contribution in [0.5, 0.6) is 0 Å². The molecule has 2 rings (SSSR count). The first-order chi connectivity index (χ1) is 8.57. The fraction of sp³-hybridized carbons (Fsp3) is 0.625. The van der Waals surface area contributed by atoms with Crippen LogP contribution in [-0.2, 0) is 11.2 Å². The van der Waals surface area contributed by atoms with E-state index in [1.807, 2.05) is 0 Å². The van der Waals surface area contributed by atoms with Gasteiger partial charge in [-0.05, 0) is 57.2 Å². The Kier molecular flexibility index (Phi) is 4.08. The average molecular weight is 247 g/mol. The van der Waals surface area contributed by atoms with Crippen LogP contribution in [0.15, 0.2) is 24.3 Å². The highest BCUT2D eigenvalue weighted by atomic mass is 16.5. The predicted octanol–water partition coefficient (Wildman–Crippen LogP) is 3.32. The van der Waals surface area contributed by atoms with Crippen molar-refractivity contribution in [2.45, 2.75) is 44.8 Å². The van der Waals surface area contributed by atoms with Gasteiger partial charge in [0.1, 0.15) is 0 Å². The Balaban J connectivity index is 2.04. The van der Waals surface area contributed by atoms with Gasteiger partial charge in [0.05, 0.1) is 5.60 Å². The Hall–Kier alpha value is -0.860. The Morgan fingerprint density at radius 3 is 2.72 bits per heavy atom. The van der Waals surface area contributed by atoms with Gasteiger partial charge in [0, 0.05) is 13.2 Å². The van der Waals surface area contributed by atoms with Crippen molar-refractivity contribution in [2.75, 3.05) is 14.2 Å². The van der Waals surface area contributed by atoms with E-state index in [0.29, 0.717) is 12.0 Å². The molecule has 2 heteroatoms. The predicted molar refractivity (Wildman–Crippen MR) is 75.8 cm³/mol. The molecule has 0 fully saturated rings. The lowest BCUT2D eigenvalue weighted by molar-refractivity contribution is 0.00953. The molecule has 0 spiro atoms. The summed E-state index contributed by atoms with van der Waals surface area (Å²) in [5.74, 6) is 0.696. The SMILES string of the molecule is CNC1c2ccccc2CC1CCC(C)(C)OC. The molecule has 100 valence electrons. The molecule has 0 aromatic heterocycles. The van der Waals surface area contributed by atoms with Crippen molar-refractivity contribution in [3.05, 3.63) is 35.4 Å². The lowest BCUT2D eigenvalue weighted by Gasteiger charge is -2.27. The van der Waals surface area contributed by atoms with Gasteiger partial charge in [-0.1, -0.05) is 24.3 Å². The van der Waals surface area contributed by atoms with E-state index in [2.05, 4.69) is 50.5 Å². The maximum absolute atomic E-state index is 5.52. The second-order valence-corrected chi connectivity index (χ2v) is 5.93. The second kappa shape index (κ2) is 5.41. The smallest absolute Gasteiger partial charge is 0.0622 e. The number of benzene rings is 1. The maximum atomic E-state index is 5.52.